The summed E-state index contributed by atoms with van der Waals surface area (Å²) in [5.41, 5.74) is 1.80. The van der Waals surface area contributed by atoms with Crippen molar-refractivity contribution in [3.8, 4) is 5.75 Å². The quantitative estimate of drug-likeness (QED) is 0.853. The minimum Gasteiger partial charge on any atom is -0.497 e. The summed E-state index contributed by atoms with van der Waals surface area (Å²) < 4.78 is 5.37. The molecule has 2 N–H and O–H groups in total. The summed E-state index contributed by atoms with van der Waals surface area (Å²) in [7, 11) is 1.66. The Morgan fingerprint density at radius 1 is 1.42 bits per heavy atom. The van der Waals surface area contributed by atoms with Crippen LogP contribution in [0.5, 0.6) is 5.75 Å². The Bertz CT molecular complexity index is 677. The number of benzene rings is 1. The number of likely N-dealkylation sites (tertiary alicyclic amines) is 1. The summed E-state index contributed by atoms with van der Waals surface area (Å²) in [6, 6.07) is 8.40. The van der Waals surface area contributed by atoms with Crippen molar-refractivity contribution in [2.75, 3.05) is 32.1 Å². The molecule has 2 heterocycles. The minimum atomic E-state index is -0.407. The van der Waals surface area contributed by atoms with Crippen molar-refractivity contribution in [3.05, 3.63) is 30.5 Å². The van der Waals surface area contributed by atoms with Crippen molar-refractivity contribution < 1.29 is 9.84 Å². The fourth-order valence-electron chi connectivity index (χ4n) is 3.41. The summed E-state index contributed by atoms with van der Waals surface area (Å²) in [5, 5.41) is 14.8. The molecule has 1 aliphatic rings. The van der Waals surface area contributed by atoms with Crippen LogP contribution in [0.15, 0.2) is 30.5 Å². The number of hydrogen-bond donors (Lipinski definition) is 2. The standard InChI is InChI=1S/C19H27N3O2/c1-14-6-3-4-9-22(14)13-16(23)12-21-18-11-17(24-2)10-15-7-5-8-20-19(15)18/h5,7-8,10-11,14,16,21,23H,3-4,6,9,12-13H2,1-2H3/t14-,16-/m0/s1. The number of aliphatic hydroxyl groups excluding tert-OH is 1. The zero-order valence-electron chi connectivity index (χ0n) is 14.5. The summed E-state index contributed by atoms with van der Waals surface area (Å²) in [6.45, 7) is 4.55. The highest BCUT2D eigenvalue weighted by molar-refractivity contribution is 5.91. The van der Waals surface area contributed by atoms with Crippen LogP contribution >= 0.6 is 0 Å². The molecule has 2 aromatic rings. The number of pyridine rings is 1. The first-order valence-electron chi connectivity index (χ1n) is 8.76. The van der Waals surface area contributed by atoms with Crippen molar-refractivity contribution in [2.45, 2.75) is 38.3 Å². The van der Waals surface area contributed by atoms with Crippen LogP contribution in [0.2, 0.25) is 0 Å². The summed E-state index contributed by atoms with van der Waals surface area (Å²) >= 11 is 0. The van der Waals surface area contributed by atoms with Crippen LogP contribution in [0.4, 0.5) is 5.69 Å². The molecule has 1 aliphatic heterocycles. The number of hydrogen-bond acceptors (Lipinski definition) is 5. The molecule has 0 saturated carbocycles. The smallest absolute Gasteiger partial charge is 0.121 e. The molecule has 5 heteroatoms. The van der Waals surface area contributed by atoms with E-state index < -0.39 is 6.10 Å². The van der Waals surface area contributed by atoms with Gasteiger partial charge >= 0.3 is 0 Å². The van der Waals surface area contributed by atoms with E-state index in [9.17, 15) is 5.11 Å². The van der Waals surface area contributed by atoms with Gasteiger partial charge in [0.05, 0.1) is 24.4 Å². The lowest BCUT2D eigenvalue weighted by molar-refractivity contribution is 0.0801. The molecule has 2 atom stereocenters. The van der Waals surface area contributed by atoms with Crippen molar-refractivity contribution >= 4 is 16.6 Å². The molecule has 3 rings (SSSR count). The highest BCUT2D eigenvalue weighted by Crippen LogP contribution is 2.27. The second-order valence-electron chi connectivity index (χ2n) is 6.62. The van der Waals surface area contributed by atoms with Crippen molar-refractivity contribution in [1.82, 2.24) is 9.88 Å². The largest absolute Gasteiger partial charge is 0.497 e. The molecule has 1 aromatic heterocycles. The number of piperidine rings is 1. The van der Waals surface area contributed by atoms with Crippen LogP contribution in [-0.2, 0) is 0 Å². The lowest BCUT2D eigenvalue weighted by Gasteiger charge is -2.34. The van der Waals surface area contributed by atoms with Gasteiger partial charge in [-0.1, -0.05) is 12.5 Å². The maximum absolute atomic E-state index is 10.4. The van der Waals surface area contributed by atoms with Crippen molar-refractivity contribution in [3.63, 3.8) is 0 Å². The first-order valence-corrected chi connectivity index (χ1v) is 8.76. The van der Waals surface area contributed by atoms with Crippen LogP contribution in [0.25, 0.3) is 10.9 Å². The predicted molar refractivity (Wildman–Crippen MR) is 97.7 cm³/mol. The van der Waals surface area contributed by atoms with Crippen LogP contribution < -0.4 is 10.1 Å². The van der Waals surface area contributed by atoms with Gasteiger partial charge in [-0.25, -0.2) is 0 Å². The zero-order chi connectivity index (χ0) is 16.9. The number of β-amino-alcohol motifs (C(OH)–C–C–N with tert-alkyl or cyclic N) is 1. The van der Waals surface area contributed by atoms with E-state index in [4.69, 9.17) is 4.74 Å². The van der Waals surface area contributed by atoms with E-state index in [1.165, 1.54) is 19.3 Å². The molecule has 1 fully saturated rings. The third-order valence-electron chi connectivity index (χ3n) is 4.83. The van der Waals surface area contributed by atoms with Gasteiger partial charge in [-0.3, -0.25) is 9.88 Å². The normalized spacial score (nSPS) is 20.0. The second-order valence-corrected chi connectivity index (χ2v) is 6.62. The third kappa shape index (κ3) is 3.97. The number of aromatic nitrogens is 1. The number of anilines is 1. The predicted octanol–water partition coefficient (Wildman–Crippen LogP) is 2.89. The third-order valence-corrected chi connectivity index (χ3v) is 4.83. The van der Waals surface area contributed by atoms with E-state index in [0.29, 0.717) is 19.1 Å². The van der Waals surface area contributed by atoms with E-state index in [0.717, 1.165) is 28.9 Å². The van der Waals surface area contributed by atoms with Gasteiger partial charge in [0.25, 0.3) is 0 Å². The van der Waals surface area contributed by atoms with Gasteiger partial charge in [0.2, 0.25) is 0 Å². The first kappa shape index (κ1) is 17.0. The van der Waals surface area contributed by atoms with E-state index in [1.807, 2.05) is 24.3 Å². The number of methoxy groups -OCH3 is 1. The molecule has 5 nitrogen and oxygen atoms in total. The Hall–Kier alpha value is -1.85. The van der Waals surface area contributed by atoms with Gasteiger partial charge in [0, 0.05) is 36.8 Å². The Morgan fingerprint density at radius 2 is 2.29 bits per heavy atom. The molecule has 24 heavy (non-hydrogen) atoms. The zero-order valence-corrected chi connectivity index (χ0v) is 14.5. The Labute approximate surface area is 143 Å². The maximum Gasteiger partial charge on any atom is 0.121 e. The molecule has 130 valence electrons. The summed E-state index contributed by atoms with van der Waals surface area (Å²) in [4.78, 5) is 6.84. The number of ether oxygens (including phenoxy) is 1. The molecule has 0 spiro atoms. The van der Waals surface area contributed by atoms with Crippen molar-refractivity contribution in [1.29, 1.82) is 0 Å². The molecule has 0 unspecified atom stereocenters. The maximum atomic E-state index is 10.4. The average Bonchev–Trinajstić information content (AvgIpc) is 2.61. The fourth-order valence-corrected chi connectivity index (χ4v) is 3.41. The fraction of sp³-hybridized carbons (Fsp3) is 0.526. The van der Waals surface area contributed by atoms with E-state index in [1.54, 1.807) is 13.3 Å². The van der Waals surface area contributed by atoms with Gasteiger partial charge in [0.1, 0.15) is 5.75 Å². The topological polar surface area (TPSA) is 57.6 Å². The van der Waals surface area contributed by atoms with Gasteiger partial charge < -0.3 is 15.2 Å². The van der Waals surface area contributed by atoms with Gasteiger partial charge in [-0.2, -0.15) is 0 Å². The van der Waals surface area contributed by atoms with Crippen LogP contribution in [0.1, 0.15) is 26.2 Å². The molecule has 0 amide bonds. The summed E-state index contributed by atoms with van der Waals surface area (Å²) in [6.07, 6.45) is 5.13. The van der Waals surface area contributed by atoms with Crippen LogP contribution in [0.3, 0.4) is 0 Å². The number of nitrogens with one attached hydrogen (secondary N) is 1. The minimum absolute atomic E-state index is 0.407. The molecule has 1 saturated heterocycles. The first-order chi connectivity index (χ1) is 11.7. The highest BCUT2D eigenvalue weighted by atomic mass is 16.5. The number of rotatable bonds is 6. The Balaban J connectivity index is 1.66. The average molecular weight is 329 g/mol. The Kier molecular flexibility index (Phi) is 5.53. The molecule has 0 bridgehead atoms. The Morgan fingerprint density at radius 3 is 3.08 bits per heavy atom. The van der Waals surface area contributed by atoms with Gasteiger partial charge in [0.15, 0.2) is 0 Å². The van der Waals surface area contributed by atoms with E-state index in [2.05, 4.69) is 22.1 Å². The summed E-state index contributed by atoms with van der Waals surface area (Å²) in [5.74, 6) is 0.789. The van der Waals surface area contributed by atoms with E-state index in [-0.39, 0.29) is 0 Å². The lowest BCUT2D eigenvalue weighted by Crippen LogP contribution is -2.43. The monoisotopic (exact) mass is 329 g/mol. The van der Waals surface area contributed by atoms with E-state index >= 15 is 0 Å². The molecule has 0 radical (unpaired) electrons. The van der Waals surface area contributed by atoms with Gasteiger partial charge in [-0.05, 0) is 38.4 Å². The lowest BCUT2D eigenvalue weighted by atomic mass is 10.0. The number of aliphatic hydroxyl groups is 1. The highest BCUT2D eigenvalue weighted by Gasteiger charge is 2.20. The molecular formula is C19H27N3O2. The molecular weight excluding hydrogens is 302 g/mol. The molecule has 0 aliphatic carbocycles. The van der Waals surface area contributed by atoms with Crippen molar-refractivity contribution in [2.24, 2.45) is 0 Å². The van der Waals surface area contributed by atoms with Gasteiger partial charge in [-0.15, -0.1) is 0 Å². The SMILES string of the molecule is COc1cc(NC[C@H](O)CN2CCCC[C@@H]2C)c2ncccc2c1. The second kappa shape index (κ2) is 7.81. The van der Waals surface area contributed by atoms with Crippen LogP contribution in [0, 0.1) is 0 Å². The molecule has 1 aromatic carbocycles. The van der Waals surface area contributed by atoms with Crippen LogP contribution in [-0.4, -0.2) is 53.9 Å². The number of fused-ring (bicyclic) bond motifs is 1. The number of nitrogens with zero attached hydrogens (tertiary/aromatic N) is 2.